The Morgan fingerprint density at radius 1 is 1.69 bits per heavy atom. The molecule has 0 spiro atoms. The van der Waals surface area contributed by atoms with E-state index in [-0.39, 0.29) is 17.5 Å². The monoisotopic (exact) mass is 245 g/mol. The van der Waals surface area contributed by atoms with Crippen LogP contribution in [0.4, 0.5) is 0 Å². The minimum atomic E-state index is -3.57. The first-order chi connectivity index (χ1) is 7.49. The van der Waals surface area contributed by atoms with Crippen molar-refractivity contribution in [1.29, 1.82) is 0 Å². The van der Waals surface area contributed by atoms with Crippen LogP contribution >= 0.6 is 0 Å². The van der Waals surface area contributed by atoms with Gasteiger partial charge in [0.1, 0.15) is 5.82 Å². The lowest BCUT2D eigenvalue weighted by atomic mass is 10.2. The van der Waals surface area contributed by atoms with Crippen LogP contribution in [0.25, 0.3) is 0 Å². The molecule has 0 aliphatic heterocycles. The molecule has 1 aromatic rings. The highest BCUT2D eigenvalue weighted by molar-refractivity contribution is 7.89. The van der Waals surface area contributed by atoms with Gasteiger partial charge in [-0.1, -0.05) is 0 Å². The minimum absolute atomic E-state index is 0.0352. The standard InChI is InChI=1S/C9H15N3O3S/c1-6-10-5-9(12-6)16(14,15)11-4-8(13)7-2-3-7/h5,7-8,11,13H,2-4H2,1H3,(H,10,12). The van der Waals surface area contributed by atoms with Crippen molar-refractivity contribution in [2.45, 2.75) is 30.9 Å². The van der Waals surface area contributed by atoms with Gasteiger partial charge in [0.2, 0.25) is 0 Å². The zero-order chi connectivity index (χ0) is 11.8. The molecule has 0 amide bonds. The molecule has 0 aromatic carbocycles. The number of rotatable bonds is 5. The maximum Gasteiger partial charge on any atom is 0.257 e. The third kappa shape index (κ3) is 2.60. The summed E-state index contributed by atoms with van der Waals surface area (Å²) in [6.07, 6.45) is 2.64. The minimum Gasteiger partial charge on any atom is -0.391 e. The van der Waals surface area contributed by atoms with Crippen molar-refractivity contribution in [3.05, 3.63) is 12.0 Å². The third-order valence-corrected chi connectivity index (χ3v) is 3.95. The first kappa shape index (κ1) is 11.6. The number of aliphatic hydroxyl groups excluding tert-OH is 1. The number of aryl methyl sites for hydroxylation is 1. The van der Waals surface area contributed by atoms with Gasteiger partial charge in [0, 0.05) is 6.54 Å². The van der Waals surface area contributed by atoms with Crippen molar-refractivity contribution in [1.82, 2.24) is 14.7 Å². The molecule has 16 heavy (non-hydrogen) atoms. The number of hydrogen-bond acceptors (Lipinski definition) is 4. The number of nitrogens with zero attached hydrogens (tertiary/aromatic N) is 1. The highest BCUT2D eigenvalue weighted by Crippen LogP contribution is 2.32. The molecular weight excluding hydrogens is 230 g/mol. The van der Waals surface area contributed by atoms with Crippen LogP contribution in [0.2, 0.25) is 0 Å². The Hall–Kier alpha value is -0.920. The van der Waals surface area contributed by atoms with E-state index in [1.165, 1.54) is 6.20 Å². The second-order valence-electron chi connectivity index (χ2n) is 4.09. The van der Waals surface area contributed by atoms with Gasteiger partial charge < -0.3 is 10.1 Å². The van der Waals surface area contributed by atoms with Crippen LogP contribution in [0, 0.1) is 12.8 Å². The van der Waals surface area contributed by atoms with Crippen molar-refractivity contribution in [3.63, 3.8) is 0 Å². The Morgan fingerprint density at radius 2 is 2.38 bits per heavy atom. The molecular formula is C9H15N3O3S. The first-order valence-corrected chi connectivity index (χ1v) is 6.67. The molecule has 1 heterocycles. The molecule has 1 unspecified atom stereocenters. The summed E-state index contributed by atoms with van der Waals surface area (Å²) < 4.78 is 25.8. The van der Waals surface area contributed by atoms with Crippen LogP contribution in [0.3, 0.4) is 0 Å². The van der Waals surface area contributed by atoms with E-state index in [2.05, 4.69) is 14.7 Å². The Kier molecular flexibility index (Phi) is 3.00. The number of hydrogen-bond donors (Lipinski definition) is 3. The number of aromatic amines is 1. The molecule has 1 aliphatic carbocycles. The fourth-order valence-corrected chi connectivity index (χ4v) is 2.47. The van der Waals surface area contributed by atoms with Gasteiger partial charge in [-0.2, -0.15) is 0 Å². The summed E-state index contributed by atoms with van der Waals surface area (Å²) in [7, 11) is -3.57. The fourth-order valence-electron chi connectivity index (χ4n) is 1.46. The van der Waals surface area contributed by atoms with E-state index in [9.17, 15) is 13.5 Å². The van der Waals surface area contributed by atoms with Crippen molar-refractivity contribution >= 4 is 10.0 Å². The number of aliphatic hydroxyl groups is 1. The molecule has 2 rings (SSSR count). The van der Waals surface area contributed by atoms with Crippen LogP contribution in [0.5, 0.6) is 0 Å². The molecule has 0 saturated heterocycles. The summed E-state index contributed by atoms with van der Waals surface area (Å²) in [5, 5.41) is 9.59. The van der Waals surface area contributed by atoms with Gasteiger partial charge in [-0.15, -0.1) is 0 Å². The molecule has 90 valence electrons. The predicted octanol–water partition coefficient (Wildman–Crippen LogP) is -0.233. The summed E-state index contributed by atoms with van der Waals surface area (Å²) in [4.78, 5) is 6.46. The molecule has 1 aromatic heterocycles. The summed E-state index contributed by atoms with van der Waals surface area (Å²) in [5.41, 5.74) is 0. The molecule has 3 N–H and O–H groups in total. The third-order valence-electron chi connectivity index (χ3n) is 2.62. The normalized spacial score (nSPS) is 18.6. The number of imidazole rings is 1. The van der Waals surface area contributed by atoms with Gasteiger partial charge in [-0.25, -0.2) is 18.1 Å². The highest BCUT2D eigenvalue weighted by atomic mass is 32.2. The van der Waals surface area contributed by atoms with E-state index in [4.69, 9.17) is 0 Å². The topological polar surface area (TPSA) is 95.1 Å². The van der Waals surface area contributed by atoms with Crippen LogP contribution in [-0.2, 0) is 10.0 Å². The van der Waals surface area contributed by atoms with Gasteiger partial charge in [0.05, 0.1) is 12.3 Å². The second kappa shape index (κ2) is 4.15. The number of sulfonamides is 1. The number of aromatic nitrogens is 2. The van der Waals surface area contributed by atoms with Crippen LogP contribution < -0.4 is 4.72 Å². The lowest BCUT2D eigenvalue weighted by molar-refractivity contribution is 0.155. The van der Waals surface area contributed by atoms with Crippen molar-refractivity contribution in [3.8, 4) is 0 Å². The predicted molar refractivity (Wildman–Crippen MR) is 57.2 cm³/mol. The van der Waals surface area contributed by atoms with E-state index in [0.717, 1.165) is 12.8 Å². The SMILES string of the molecule is Cc1ncc(S(=O)(=O)NCC(O)C2CC2)[nH]1. The number of H-pyrrole nitrogens is 1. The van der Waals surface area contributed by atoms with Crippen molar-refractivity contribution in [2.75, 3.05) is 6.54 Å². The first-order valence-electron chi connectivity index (χ1n) is 5.18. The van der Waals surface area contributed by atoms with E-state index < -0.39 is 16.1 Å². The Balaban J connectivity index is 1.97. The highest BCUT2D eigenvalue weighted by Gasteiger charge is 2.30. The van der Waals surface area contributed by atoms with E-state index in [1.54, 1.807) is 6.92 Å². The molecule has 1 saturated carbocycles. The Labute approximate surface area is 94.1 Å². The molecule has 0 radical (unpaired) electrons. The van der Waals surface area contributed by atoms with Crippen LogP contribution in [-0.4, -0.2) is 36.1 Å². The van der Waals surface area contributed by atoms with E-state index in [0.29, 0.717) is 5.82 Å². The van der Waals surface area contributed by atoms with Crippen molar-refractivity contribution < 1.29 is 13.5 Å². The van der Waals surface area contributed by atoms with Gasteiger partial charge in [-0.05, 0) is 25.7 Å². The summed E-state index contributed by atoms with van der Waals surface area (Å²) >= 11 is 0. The summed E-state index contributed by atoms with van der Waals surface area (Å²) in [6.45, 7) is 1.74. The van der Waals surface area contributed by atoms with Crippen LogP contribution in [0.15, 0.2) is 11.2 Å². The molecule has 1 aliphatic rings. The largest absolute Gasteiger partial charge is 0.391 e. The van der Waals surface area contributed by atoms with E-state index in [1.807, 2.05) is 0 Å². The fraction of sp³-hybridized carbons (Fsp3) is 0.667. The quantitative estimate of drug-likeness (QED) is 0.667. The van der Waals surface area contributed by atoms with Gasteiger partial charge in [0.25, 0.3) is 10.0 Å². The number of nitrogens with one attached hydrogen (secondary N) is 2. The summed E-state index contributed by atoms with van der Waals surface area (Å²) in [6, 6.07) is 0. The van der Waals surface area contributed by atoms with Gasteiger partial charge >= 0.3 is 0 Å². The molecule has 7 heteroatoms. The van der Waals surface area contributed by atoms with E-state index >= 15 is 0 Å². The van der Waals surface area contributed by atoms with Crippen molar-refractivity contribution in [2.24, 2.45) is 5.92 Å². The van der Waals surface area contributed by atoms with Gasteiger partial charge in [0.15, 0.2) is 5.03 Å². The average Bonchev–Trinajstić information content (AvgIpc) is 2.98. The second-order valence-corrected chi connectivity index (χ2v) is 5.82. The van der Waals surface area contributed by atoms with Crippen LogP contribution in [0.1, 0.15) is 18.7 Å². The maximum atomic E-state index is 11.7. The Morgan fingerprint density at radius 3 is 2.88 bits per heavy atom. The molecule has 1 atom stereocenters. The smallest absolute Gasteiger partial charge is 0.257 e. The summed E-state index contributed by atoms with van der Waals surface area (Å²) in [5.74, 6) is 0.800. The average molecular weight is 245 g/mol. The zero-order valence-electron chi connectivity index (χ0n) is 8.97. The Bertz CT molecular complexity index is 464. The molecule has 6 nitrogen and oxygen atoms in total. The lowest BCUT2D eigenvalue weighted by Crippen LogP contribution is -2.33. The van der Waals surface area contributed by atoms with Gasteiger partial charge in [-0.3, -0.25) is 0 Å². The lowest BCUT2D eigenvalue weighted by Gasteiger charge is -2.09. The maximum absolute atomic E-state index is 11.7. The molecule has 1 fully saturated rings. The zero-order valence-corrected chi connectivity index (χ0v) is 9.79. The molecule has 0 bridgehead atoms.